The highest BCUT2D eigenvalue weighted by Gasteiger charge is 2.49. The first-order chi connectivity index (χ1) is 8.70. The van der Waals surface area contributed by atoms with Crippen LogP contribution in [0.2, 0.25) is 0 Å². The van der Waals surface area contributed by atoms with Crippen molar-refractivity contribution in [3.63, 3.8) is 0 Å². The molecule has 0 aliphatic carbocycles. The van der Waals surface area contributed by atoms with E-state index in [4.69, 9.17) is 4.74 Å². The van der Waals surface area contributed by atoms with Crippen LogP contribution in [0.15, 0.2) is 30.3 Å². The van der Waals surface area contributed by atoms with E-state index < -0.39 is 0 Å². The molecule has 0 saturated carbocycles. The molecule has 4 heteroatoms. The number of fused-ring (bicyclic) bond motifs is 1. The van der Waals surface area contributed by atoms with Crippen LogP contribution >= 0.6 is 0 Å². The van der Waals surface area contributed by atoms with E-state index in [1.807, 2.05) is 35.2 Å². The predicted octanol–water partition coefficient (Wildman–Crippen LogP) is 1.62. The normalized spacial score (nSPS) is 31.1. The molecule has 4 nitrogen and oxygen atoms in total. The third kappa shape index (κ3) is 1.77. The predicted molar refractivity (Wildman–Crippen MR) is 68.1 cm³/mol. The van der Waals surface area contributed by atoms with E-state index in [9.17, 15) is 4.79 Å². The zero-order chi connectivity index (χ0) is 12.6. The summed E-state index contributed by atoms with van der Waals surface area (Å²) in [4.78, 5) is 13.9. The smallest absolute Gasteiger partial charge is 0.410 e. The Kier molecular flexibility index (Phi) is 2.74. The van der Waals surface area contributed by atoms with Gasteiger partial charge >= 0.3 is 6.09 Å². The first-order valence-electron chi connectivity index (χ1n) is 6.39. The molecule has 0 spiro atoms. The van der Waals surface area contributed by atoms with Gasteiger partial charge in [0, 0.05) is 25.6 Å². The Labute approximate surface area is 107 Å². The lowest BCUT2D eigenvalue weighted by molar-refractivity contribution is -0.0214. The van der Waals surface area contributed by atoms with Crippen LogP contribution in [0.25, 0.3) is 0 Å². The average Bonchev–Trinajstić information content (AvgIpc) is 2.77. The molecule has 2 aliphatic rings. The highest BCUT2D eigenvalue weighted by Crippen LogP contribution is 2.34. The molecule has 2 aliphatic heterocycles. The number of carbonyl (C=O) groups excluding carboxylic acids is 1. The van der Waals surface area contributed by atoms with Gasteiger partial charge in [0.25, 0.3) is 0 Å². The molecule has 1 amide bonds. The van der Waals surface area contributed by atoms with Crippen LogP contribution in [0.3, 0.4) is 0 Å². The van der Waals surface area contributed by atoms with Gasteiger partial charge in [-0.15, -0.1) is 0 Å². The standard InChI is InChI=1S/C14H18N2O2/c1-14-10-15-7-12(14)9-18-13(17)16(14)8-11-5-3-2-4-6-11/h2-6,12,15H,7-10H2,1H3/t12-,14+/m1/s1. The fraction of sp³-hybridized carbons (Fsp3) is 0.500. The zero-order valence-corrected chi connectivity index (χ0v) is 10.6. The molecule has 3 rings (SSSR count). The molecule has 1 aromatic rings. The molecule has 0 aromatic heterocycles. The SMILES string of the molecule is C[C@]12CNC[C@@H]1COC(=O)N2Cc1ccccc1. The third-order valence-electron chi connectivity index (χ3n) is 4.18. The molecule has 2 atom stereocenters. The lowest BCUT2D eigenvalue weighted by Gasteiger charge is -2.45. The minimum atomic E-state index is -0.193. The summed E-state index contributed by atoms with van der Waals surface area (Å²) in [6, 6.07) is 10.1. The Bertz CT molecular complexity index is 448. The largest absolute Gasteiger partial charge is 0.449 e. The van der Waals surface area contributed by atoms with E-state index in [2.05, 4.69) is 12.2 Å². The van der Waals surface area contributed by atoms with E-state index in [0.717, 1.165) is 18.7 Å². The van der Waals surface area contributed by atoms with Crippen molar-refractivity contribution in [2.24, 2.45) is 5.92 Å². The number of rotatable bonds is 2. The van der Waals surface area contributed by atoms with E-state index >= 15 is 0 Å². The van der Waals surface area contributed by atoms with E-state index in [1.54, 1.807) is 0 Å². The van der Waals surface area contributed by atoms with E-state index in [0.29, 0.717) is 19.1 Å². The molecule has 1 N–H and O–H groups in total. The number of hydrogen-bond donors (Lipinski definition) is 1. The minimum absolute atomic E-state index is 0.120. The summed E-state index contributed by atoms with van der Waals surface area (Å²) in [6.07, 6.45) is -0.193. The summed E-state index contributed by atoms with van der Waals surface area (Å²) >= 11 is 0. The first-order valence-corrected chi connectivity index (χ1v) is 6.39. The van der Waals surface area contributed by atoms with Crippen LogP contribution in [-0.2, 0) is 11.3 Å². The number of cyclic esters (lactones) is 1. The van der Waals surface area contributed by atoms with Crippen molar-refractivity contribution in [1.82, 2.24) is 10.2 Å². The maximum atomic E-state index is 12.0. The van der Waals surface area contributed by atoms with Gasteiger partial charge in [-0.25, -0.2) is 4.79 Å². The Morgan fingerprint density at radius 2 is 2.22 bits per heavy atom. The van der Waals surface area contributed by atoms with Gasteiger partial charge in [0.15, 0.2) is 0 Å². The molecule has 1 aromatic carbocycles. The summed E-state index contributed by atoms with van der Waals surface area (Å²) in [5, 5.41) is 3.37. The van der Waals surface area contributed by atoms with Gasteiger partial charge in [0.2, 0.25) is 0 Å². The van der Waals surface area contributed by atoms with Gasteiger partial charge in [0.1, 0.15) is 0 Å². The second kappa shape index (κ2) is 4.28. The number of benzene rings is 1. The summed E-state index contributed by atoms with van der Waals surface area (Å²) in [7, 11) is 0. The van der Waals surface area contributed by atoms with Crippen molar-refractivity contribution in [3.8, 4) is 0 Å². The van der Waals surface area contributed by atoms with Gasteiger partial charge in [-0.05, 0) is 12.5 Å². The summed E-state index contributed by atoms with van der Waals surface area (Å²) in [5.74, 6) is 0.388. The molecule has 2 heterocycles. The van der Waals surface area contributed by atoms with Crippen LogP contribution in [0.1, 0.15) is 12.5 Å². The molecule has 0 bridgehead atoms. The number of carbonyl (C=O) groups is 1. The number of hydrogen-bond acceptors (Lipinski definition) is 3. The first kappa shape index (κ1) is 11.5. The van der Waals surface area contributed by atoms with Crippen LogP contribution in [-0.4, -0.2) is 36.2 Å². The Morgan fingerprint density at radius 1 is 1.44 bits per heavy atom. The Morgan fingerprint density at radius 3 is 3.00 bits per heavy atom. The second-order valence-electron chi connectivity index (χ2n) is 5.33. The summed E-state index contributed by atoms with van der Waals surface area (Å²) in [6.45, 7) is 5.08. The van der Waals surface area contributed by atoms with Crippen molar-refractivity contribution >= 4 is 6.09 Å². The van der Waals surface area contributed by atoms with Crippen LogP contribution in [0.4, 0.5) is 4.79 Å². The number of amides is 1. The maximum Gasteiger partial charge on any atom is 0.410 e. The molecule has 18 heavy (non-hydrogen) atoms. The summed E-state index contributed by atoms with van der Waals surface area (Å²) < 4.78 is 5.29. The quantitative estimate of drug-likeness (QED) is 0.862. The number of ether oxygens (including phenoxy) is 1. The Hall–Kier alpha value is -1.55. The van der Waals surface area contributed by atoms with Crippen molar-refractivity contribution in [1.29, 1.82) is 0 Å². The number of nitrogens with one attached hydrogen (secondary N) is 1. The molecule has 2 saturated heterocycles. The lowest BCUT2D eigenvalue weighted by Crippen LogP contribution is -2.59. The highest BCUT2D eigenvalue weighted by molar-refractivity contribution is 5.70. The van der Waals surface area contributed by atoms with Crippen LogP contribution in [0, 0.1) is 5.92 Å². The Balaban J connectivity index is 1.86. The molecule has 0 radical (unpaired) electrons. The van der Waals surface area contributed by atoms with Gasteiger partial charge < -0.3 is 10.1 Å². The average molecular weight is 246 g/mol. The maximum absolute atomic E-state index is 12.0. The van der Waals surface area contributed by atoms with Crippen LogP contribution in [0.5, 0.6) is 0 Å². The lowest BCUT2D eigenvalue weighted by atomic mass is 9.86. The monoisotopic (exact) mass is 246 g/mol. The fourth-order valence-corrected chi connectivity index (χ4v) is 2.89. The van der Waals surface area contributed by atoms with Crippen molar-refractivity contribution in [2.75, 3.05) is 19.7 Å². The highest BCUT2D eigenvalue weighted by atomic mass is 16.6. The second-order valence-corrected chi connectivity index (χ2v) is 5.33. The molecular formula is C14H18N2O2. The molecule has 0 unspecified atom stereocenters. The van der Waals surface area contributed by atoms with Gasteiger partial charge in [-0.3, -0.25) is 4.90 Å². The molecular weight excluding hydrogens is 228 g/mol. The van der Waals surface area contributed by atoms with E-state index in [-0.39, 0.29) is 11.6 Å². The van der Waals surface area contributed by atoms with Crippen molar-refractivity contribution < 1.29 is 9.53 Å². The molecule has 2 fully saturated rings. The summed E-state index contributed by atoms with van der Waals surface area (Å²) in [5.41, 5.74) is 1.02. The number of nitrogens with zero attached hydrogens (tertiary/aromatic N) is 1. The fourth-order valence-electron chi connectivity index (χ4n) is 2.89. The van der Waals surface area contributed by atoms with Crippen molar-refractivity contribution in [3.05, 3.63) is 35.9 Å². The topological polar surface area (TPSA) is 41.6 Å². The zero-order valence-electron chi connectivity index (χ0n) is 10.6. The van der Waals surface area contributed by atoms with Gasteiger partial charge in [-0.1, -0.05) is 30.3 Å². The third-order valence-corrected chi connectivity index (χ3v) is 4.18. The van der Waals surface area contributed by atoms with E-state index in [1.165, 1.54) is 0 Å². The van der Waals surface area contributed by atoms with Crippen molar-refractivity contribution in [2.45, 2.75) is 19.0 Å². The molecule has 96 valence electrons. The minimum Gasteiger partial charge on any atom is -0.449 e. The van der Waals surface area contributed by atoms with Crippen LogP contribution < -0.4 is 5.32 Å². The van der Waals surface area contributed by atoms with Gasteiger partial charge in [-0.2, -0.15) is 0 Å². The van der Waals surface area contributed by atoms with Gasteiger partial charge in [0.05, 0.1) is 12.1 Å².